The summed E-state index contributed by atoms with van der Waals surface area (Å²) in [6.45, 7) is 1.70. The van der Waals surface area contributed by atoms with Crippen molar-refractivity contribution in [2.24, 2.45) is 0 Å². The molecule has 1 fully saturated rings. The summed E-state index contributed by atoms with van der Waals surface area (Å²) in [7, 11) is 0. The summed E-state index contributed by atoms with van der Waals surface area (Å²) in [6.07, 6.45) is 6.62. The van der Waals surface area contributed by atoms with Crippen molar-refractivity contribution in [2.75, 3.05) is 13.1 Å². The minimum Gasteiger partial charge on any atom is -0.507 e. The lowest BCUT2D eigenvalue weighted by Gasteiger charge is -2.25. The summed E-state index contributed by atoms with van der Waals surface area (Å²) >= 11 is 0. The Morgan fingerprint density at radius 1 is 1.18 bits per heavy atom. The van der Waals surface area contributed by atoms with E-state index in [-0.39, 0.29) is 11.7 Å². The van der Waals surface area contributed by atoms with Gasteiger partial charge < -0.3 is 10.0 Å². The minimum atomic E-state index is 0.0351. The number of amides is 1. The summed E-state index contributed by atoms with van der Waals surface area (Å²) < 4.78 is 0. The second-order valence-electron chi connectivity index (χ2n) is 4.28. The fourth-order valence-electron chi connectivity index (χ4n) is 2.01. The Balaban J connectivity index is 2.00. The van der Waals surface area contributed by atoms with E-state index in [4.69, 9.17) is 0 Å². The molecule has 17 heavy (non-hydrogen) atoms. The highest BCUT2D eigenvalue weighted by Crippen LogP contribution is 2.17. The number of aromatic hydroxyl groups is 1. The monoisotopic (exact) mass is 231 g/mol. The van der Waals surface area contributed by atoms with Crippen molar-refractivity contribution in [3.63, 3.8) is 0 Å². The molecule has 3 heteroatoms. The van der Waals surface area contributed by atoms with Gasteiger partial charge in [0, 0.05) is 24.7 Å². The third-order valence-electron chi connectivity index (χ3n) is 3.01. The number of piperidine rings is 1. The molecule has 1 amide bonds. The largest absolute Gasteiger partial charge is 0.507 e. The Labute approximate surface area is 101 Å². The van der Waals surface area contributed by atoms with E-state index in [9.17, 15) is 9.90 Å². The van der Waals surface area contributed by atoms with Crippen LogP contribution in [0, 0.1) is 0 Å². The highest BCUT2D eigenvalue weighted by atomic mass is 16.3. The highest BCUT2D eigenvalue weighted by Gasteiger charge is 2.13. The molecule has 0 radical (unpaired) electrons. The van der Waals surface area contributed by atoms with E-state index in [0.29, 0.717) is 5.56 Å². The van der Waals surface area contributed by atoms with Crippen LogP contribution < -0.4 is 0 Å². The smallest absolute Gasteiger partial charge is 0.246 e. The molecule has 3 nitrogen and oxygen atoms in total. The molecule has 1 heterocycles. The van der Waals surface area contributed by atoms with Gasteiger partial charge in [-0.15, -0.1) is 0 Å². The van der Waals surface area contributed by atoms with Crippen LogP contribution in [0.2, 0.25) is 0 Å². The first-order chi connectivity index (χ1) is 8.27. The van der Waals surface area contributed by atoms with Crippen LogP contribution in [-0.4, -0.2) is 29.0 Å². The van der Waals surface area contributed by atoms with Crippen LogP contribution in [0.4, 0.5) is 0 Å². The van der Waals surface area contributed by atoms with E-state index < -0.39 is 0 Å². The second-order valence-corrected chi connectivity index (χ2v) is 4.28. The van der Waals surface area contributed by atoms with Crippen LogP contribution >= 0.6 is 0 Å². The van der Waals surface area contributed by atoms with Gasteiger partial charge in [0.2, 0.25) is 5.91 Å². The van der Waals surface area contributed by atoms with E-state index in [1.807, 2.05) is 11.0 Å². The number of hydrogen-bond acceptors (Lipinski definition) is 2. The molecule has 1 aliphatic rings. The zero-order valence-corrected chi connectivity index (χ0v) is 9.80. The Morgan fingerprint density at radius 3 is 2.59 bits per heavy atom. The number of para-hydroxylation sites is 1. The summed E-state index contributed by atoms with van der Waals surface area (Å²) in [5.74, 6) is 0.239. The number of likely N-dealkylation sites (tertiary alicyclic amines) is 1. The number of phenols is 1. The molecule has 0 bridgehead atoms. The molecule has 90 valence electrons. The van der Waals surface area contributed by atoms with Gasteiger partial charge in [-0.05, 0) is 31.4 Å². The van der Waals surface area contributed by atoms with Crippen molar-refractivity contribution >= 4 is 12.0 Å². The van der Waals surface area contributed by atoms with E-state index in [0.717, 1.165) is 25.9 Å². The fourth-order valence-corrected chi connectivity index (χ4v) is 2.01. The number of benzene rings is 1. The molecule has 1 aliphatic heterocycles. The van der Waals surface area contributed by atoms with Crippen LogP contribution in [0.15, 0.2) is 30.3 Å². The first-order valence-corrected chi connectivity index (χ1v) is 6.02. The SMILES string of the molecule is O=C(/C=C/c1ccccc1O)N1CCCCC1. The van der Waals surface area contributed by atoms with Gasteiger partial charge in [-0.25, -0.2) is 0 Å². The van der Waals surface area contributed by atoms with Crippen molar-refractivity contribution in [1.29, 1.82) is 0 Å². The lowest BCUT2D eigenvalue weighted by molar-refractivity contribution is -0.126. The standard InChI is InChI=1S/C14H17NO2/c16-13-7-3-2-6-12(13)8-9-14(17)15-10-4-1-5-11-15/h2-3,6-9,16H,1,4-5,10-11H2/b9-8+. The van der Waals surface area contributed by atoms with Gasteiger partial charge >= 0.3 is 0 Å². The first-order valence-electron chi connectivity index (χ1n) is 6.02. The molecule has 0 unspecified atom stereocenters. The lowest BCUT2D eigenvalue weighted by Crippen LogP contribution is -2.34. The van der Waals surface area contributed by atoms with E-state index in [1.165, 1.54) is 6.42 Å². The van der Waals surface area contributed by atoms with Gasteiger partial charge in [0.15, 0.2) is 0 Å². The Bertz CT molecular complexity index is 420. The van der Waals surface area contributed by atoms with Crippen molar-refractivity contribution in [3.05, 3.63) is 35.9 Å². The number of phenolic OH excluding ortho intramolecular Hbond substituents is 1. The fraction of sp³-hybridized carbons (Fsp3) is 0.357. The maximum absolute atomic E-state index is 11.8. The highest BCUT2D eigenvalue weighted by molar-refractivity contribution is 5.92. The van der Waals surface area contributed by atoms with Crippen molar-refractivity contribution < 1.29 is 9.90 Å². The molecular weight excluding hydrogens is 214 g/mol. The number of hydrogen-bond donors (Lipinski definition) is 1. The number of rotatable bonds is 2. The molecular formula is C14H17NO2. The quantitative estimate of drug-likeness (QED) is 0.794. The molecule has 1 N–H and O–H groups in total. The van der Waals surface area contributed by atoms with Crippen LogP contribution in [-0.2, 0) is 4.79 Å². The Hall–Kier alpha value is -1.77. The molecule has 0 aromatic heterocycles. The summed E-state index contributed by atoms with van der Waals surface area (Å²) in [5, 5.41) is 9.56. The van der Waals surface area contributed by atoms with Gasteiger partial charge in [-0.1, -0.05) is 18.2 Å². The second kappa shape index (κ2) is 5.53. The van der Waals surface area contributed by atoms with Gasteiger partial charge in [-0.2, -0.15) is 0 Å². The maximum atomic E-state index is 11.8. The molecule has 0 atom stereocenters. The van der Waals surface area contributed by atoms with Crippen LogP contribution in [0.3, 0.4) is 0 Å². The molecule has 1 aromatic carbocycles. The van der Waals surface area contributed by atoms with Crippen molar-refractivity contribution in [1.82, 2.24) is 4.90 Å². The predicted molar refractivity (Wildman–Crippen MR) is 67.6 cm³/mol. The number of nitrogens with zero attached hydrogens (tertiary/aromatic N) is 1. The van der Waals surface area contributed by atoms with E-state index in [2.05, 4.69) is 0 Å². The topological polar surface area (TPSA) is 40.5 Å². The Morgan fingerprint density at radius 2 is 1.88 bits per heavy atom. The molecule has 0 saturated carbocycles. The van der Waals surface area contributed by atoms with Crippen LogP contribution in [0.1, 0.15) is 24.8 Å². The zero-order chi connectivity index (χ0) is 12.1. The van der Waals surface area contributed by atoms with Gasteiger partial charge in [0.1, 0.15) is 5.75 Å². The van der Waals surface area contributed by atoms with Gasteiger partial charge in [0.05, 0.1) is 0 Å². The number of carbonyl (C=O) groups excluding carboxylic acids is 1. The van der Waals surface area contributed by atoms with Crippen molar-refractivity contribution in [3.8, 4) is 5.75 Å². The van der Waals surface area contributed by atoms with Gasteiger partial charge in [0.25, 0.3) is 0 Å². The van der Waals surface area contributed by atoms with Crippen LogP contribution in [0.5, 0.6) is 5.75 Å². The average Bonchev–Trinajstić information content (AvgIpc) is 2.38. The molecule has 2 rings (SSSR count). The average molecular weight is 231 g/mol. The molecule has 1 aromatic rings. The summed E-state index contributed by atoms with van der Waals surface area (Å²) in [4.78, 5) is 13.7. The minimum absolute atomic E-state index is 0.0351. The van der Waals surface area contributed by atoms with Crippen molar-refractivity contribution in [2.45, 2.75) is 19.3 Å². The summed E-state index contributed by atoms with van der Waals surface area (Å²) in [6, 6.07) is 7.00. The third-order valence-corrected chi connectivity index (χ3v) is 3.01. The normalized spacial score (nSPS) is 16.4. The molecule has 0 spiro atoms. The first kappa shape index (κ1) is 11.7. The van der Waals surface area contributed by atoms with E-state index >= 15 is 0 Å². The van der Waals surface area contributed by atoms with Gasteiger partial charge in [-0.3, -0.25) is 4.79 Å². The third kappa shape index (κ3) is 3.09. The maximum Gasteiger partial charge on any atom is 0.246 e. The summed E-state index contributed by atoms with van der Waals surface area (Å²) in [5.41, 5.74) is 0.679. The number of carbonyl (C=O) groups is 1. The zero-order valence-electron chi connectivity index (χ0n) is 9.80. The Kier molecular flexibility index (Phi) is 3.81. The predicted octanol–water partition coefficient (Wildman–Crippen LogP) is 2.42. The van der Waals surface area contributed by atoms with Crippen LogP contribution in [0.25, 0.3) is 6.08 Å². The molecule has 0 aliphatic carbocycles. The van der Waals surface area contributed by atoms with E-state index in [1.54, 1.807) is 30.4 Å². The lowest BCUT2D eigenvalue weighted by atomic mass is 10.1. The molecule has 1 saturated heterocycles.